The second kappa shape index (κ2) is 10.0. The van der Waals surface area contributed by atoms with Gasteiger partial charge in [-0.05, 0) is 48.4 Å². The molecule has 0 amide bonds. The van der Waals surface area contributed by atoms with Crippen molar-refractivity contribution in [2.45, 2.75) is 13.3 Å². The van der Waals surface area contributed by atoms with Gasteiger partial charge in [0.2, 0.25) is 0 Å². The first-order valence-electron chi connectivity index (χ1n) is 10.8. The van der Waals surface area contributed by atoms with Gasteiger partial charge in [0.05, 0.1) is 25.1 Å². The predicted molar refractivity (Wildman–Crippen MR) is 132 cm³/mol. The molecule has 1 heterocycles. The number of hydrogen-bond donors (Lipinski definition) is 0. The van der Waals surface area contributed by atoms with E-state index in [1.165, 1.54) is 5.56 Å². The van der Waals surface area contributed by atoms with Crippen molar-refractivity contribution < 1.29 is 9.47 Å². The van der Waals surface area contributed by atoms with Crippen molar-refractivity contribution >= 4 is 11.9 Å². The smallest absolute Gasteiger partial charge is 0.297 e. The third-order valence-corrected chi connectivity index (χ3v) is 5.55. The fourth-order valence-electron chi connectivity index (χ4n) is 3.65. The average Bonchev–Trinajstić information content (AvgIpc) is 3.07. The minimum Gasteiger partial charge on any atom is -0.493 e. The molecule has 0 fully saturated rings. The fourth-order valence-corrected chi connectivity index (χ4v) is 3.65. The van der Waals surface area contributed by atoms with Gasteiger partial charge < -0.3 is 9.47 Å². The molecule has 4 aromatic rings. The lowest BCUT2D eigenvalue weighted by Crippen LogP contribution is -2.19. The van der Waals surface area contributed by atoms with Gasteiger partial charge in [0.25, 0.3) is 5.56 Å². The molecule has 0 aliphatic heterocycles. The SMILES string of the molecule is COc1cc(C=Nc2c(C)n(C)n(-c3ccccc3)c2=O)ccc1OCCc1ccccc1. The van der Waals surface area contributed by atoms with E-state index in [0.29, 0.717) is 23.8 Å². The fraction of sp³-hybridized carbons (Fsp3) is 0.185. The van der Waals surface area contributed by atoms with Crippen LogP contribution in [0.5, 0.6) is 11.5 Å². The molecule has 3 aromatic carbocycles. The summed E-state index contributed by atoms with van der Waals surface area (Å²) in [6.45, 7) is 2.44. The Hall–Kier alpha value is -4.06. The van der Waals surface area contributed by atoms with E-state index in [0.717, 1.165) is 23.4 Å². The molecule has 0 aliphatic rings. The molecule has 0 atom stereocenters. The second-order valence-corrected chi connectivity index (χ2v) is 7.66. The number of benzene rings is 3. The van der Waals surface area contributed by atoms with E-state index in [-0.39, 0.29) is 5.56 Å². The summed E-state index contributed by atoms with van der Waals surface area (Å²) in [6.07, 6.45) is 2.49. The van der Waals surface area contributed by atoms with Crippen molar-refractivity contribution in [3.8, 4) is 17.2 Å². The highest BCUT2D eigenvalue weighted by molar-refractivity contribution is 5.83. The minimum absolute atomic E-state index is 0.162. The number of para-hydroxylation sites is 1. The molecule has 0 aliphatic carbocycles. The number of nitrogens with zero attached hydrogens (tertiary/aromatic N) is 3. The molecule has 0 N–H and O–H groups in total. The van der Waals surface area contributed by atoms with Crippen molar-refractivity contribution in [3.63, 3.8) is 0 Å². The molecular weight excluding hydrogens is 414 g/mol. The molecule has 0 spiro atoms. The number of aliphatic imine (C=N–C) groups is 1. The van der Waals surface area contributed by atoms with Crippen LogP contribution in [0, 0.1) is 6.92 Å². The summed E-state index contributed by atoms with van der Waals surface area (Å²) in [6, 6.07) is 25.4. The van der Waals surface area contributed by atoms with E-state index < -0.39 is 0 Å². The Balaban J connectivity index is 1.52. The Morgan fingerprint density at radius 1 is 0.939 bits per heavy atom. The zero-order valence-electron chi connectivity index (χ0n) is 19.1. The Morgan fingerprint density at radius 3 is 2.33 bits per heavy atom. The third kappa shape index (κ3) is 4.90. The second-order valence-electron chi connectivity index (χ2n) is 7.66. The van der Waals surface area contributed by atoms with Gasteiger partial charge in [0, 0.05) is 19.7 Å². The van der Waals surface area contributed by atoms with Crippen LogP contribution in [0.3, 0.4) is 0 Å². The third-order valence-electron chi connectivity index (χ3n) is 5.55. The van der Waals surface area contributed by atoms with Crippen LogP contribution in [-0.4, -0.2) is 29.3 Å². The highest BCUT2D eigenvalue weighted by Gasteiger charge is 2.15. The largest absolute Gasteiger partial charge is 0.493 e. The van der Waals surface area contributed by atoms with E-state index in [1.54, 1.807) is 18.0 Å². The van der Waals surface area contributed by atoms with Gasteiger partial charge in [-0.1, -0.05) is 48.5 Å². The van der Waals surface area contributed by atoms with Crippen molar-refractivity contribution in [2.24, 2.45) is 12.0 Å². The quantitative estimate of drug-likeness (QED) is 0.367. The van der Waals surface area contributed by atoms with Crippen LogP contribution in [0.2, 0.25) is 0 Å². The van der Waals surface area contributed by atoms with Crippen molar-refractivity contribution in [3.05, 3.63) is 106 Å². The number of methoxy groups -OCH3 is 1. The first kappa shape index (κ1) is 22.1. The Morgan fingerprint density at radius 2 is 1.64 bits per heavy atom. The zero-order valence-corrected chi connectivity index (χ0v) is 19.1. The number of rotatable bonds is 8. The van der Waals surface area contributed by atoms with E-state index in [4.69, 9.17) is 9.47 Å². The summed E-state index contributed by atoms with van der Waals surface area (Å²) in [7, 11) is 3.47. The molecule has 168 valence electrons. The maximum Gasteiger partial charge on any atom is 0.297 e. The van der Waals surface area contributed by atoms with Crippen molar-refractivity contribution in [1.29, 1.82) is 0 Å². The maximum atomic E-state index is 13.0. The van der Waals surface area contributed by atoms with Gasteiger partial charge in [-0.15, -0.1) is 0 Å². The lowest BCUT2D eigenvalue weighted by Gasteiger charge is -2.11. The van der Waals surface area contributed by atoms with Gasteiger partial charge in [-0.25, -0.2) is 9.67 Å². The normalized spacial score (nSPS) is 11.1. The van der Waals surface area contributed by atoms with Gasteiger partial charge in [-0.2, -0.15) is 0 Å². The van der Waals surface area contributed by atoms with Crippen LogP contribution in [0.4, 0.5) is 5.69 Å². The summed E-state index contributed by atoms with van der Waals surface area (Å²) in [5.41, 5.74) is 3.87. The van der Waals surface area contributed by atoms with Gasteiger partial charge in [0.15, 0.2) is 17.2 Å². The maximum absolute atomic E-state index is 13.0. The van der Waals surface area contributed by atoms with E-state index >= 15 is 0 Å². The molecule has 6 heteroatoms. The standard InChI is InChI=1S/C27H27N3O3/c1-20-26(27(31)30(29(20)2)23-12-8-5-9-13-23)28-19-22-14-15-24(25(18-22)32-3)33-17-16-21-10-6-4-7-11-21/h4-15,18-19H,16-17H2,1-3H3. The molecule has 0 saturated carbocycles. The Labute approximate surface area is 193 Å². The summed E-state index contributed by atoms with van der Waals surface area (Å²) in [5, 5.41) is 0. The van der Waals surface area contributed by atoms with Crippen LogP contribution in [0.1, 0.15) is 16.8 Å². The van der Waals surface area contributed by atoms with E-state index in [9.17, 15) is 4.79 Å². The van der Waals surface area contributed by atoms with Crippen LogP contribution in [0.25, 0.3) is 5.69 Å². The number of hydrogen-bond acceptors (Lipinski definition) is 4. The first-order chi connectivity index (χ1) is 16.1. The summed E-state index contributed by atoms with van der Waals surface area (Å²) in [5.74, 6) is 1.30. The molecule has 0 bridgehead atoms. The minimum atomic E-state index is -0.162. The van der Waals surface area contributed by atoms with Gasteiger partial charge in [-0.3, -0.25) is 9.48 Å². The van der Waals surface area contributed by atoms with Crippen LogP contribution < -0.4 is 15.0 Å². The lowest BCUT2D eigenvalue weighted by atomic mass is 10.2. The number of aromatic nitrogens is 2. The van der Waals surface area contributed by atoms with Gasteiger partial charge in [0.1, 0.15) is 0 Å². The molecular formula is C27H27N3O3. The molecule has 33 heavy (non-hydrogen) atoms. The van der Waals surface area contributed by atoms with E-state index in [2.05, 4.69) is 17.1 Å². The first-order valence-corrected chi connectivity index (χ1v) is 10.8. The highest BCUT2D eigenvalue weighted by atomic mass is 16.5. The topological polar surface area (TPSA) is 57.8 Å². The summed E-state index contributed by atoms with van der Waals surface area (Å²) < 4.78 is 14.9. The van der Waals surface area contributed by atoms with Crippen LogP contribution >= 0.6 is 0 Å². The molecule has 1 aromatic heterocycles. The summed E-state index contributed by atoms with van der Waals surface area (Å²) >= 11 is 0. The predicted octanol–water partition coefficient (Wildman–Crippen LogP) is 4.87. The molecule has 6 nitrogen and oxygen atoms in total. The Kier molecular flexibility index (Phi) is 6.74. The molecule has 4 rings (SSSR count). The zero-order chi connectivity index (χ0) is 23.2. The van der Waals surface area contributed by atoms with E-state index in [1.807, 2.05) is 85.4 Å². The Bertz CT molecular complexity index is 1310. The van der Waals surface area contributed by atoms with Crippen LogP contribution in [0.15, 0.2) is 88.6 Å². The van der Waals surface area contributed by atoms with Crippen LogP contribution in [-0.2, 0) is 13.5 Å². The lowest BCUT2D eigenvalue weighted by molar-refractivity contribution is 0.297. The van der Waals surface area contributed by atoms with Gasteiger partial charge >= 0.3 is 0 Å². The van der Waals surface area contributed by atoms with Crippen molar-refractivity contribution in [1.82, 2.24) is 9.36 Å². The monoisotopic (exact) mass is 441 g/mol. The van der Waals surface area contributed by atoms with Crippen molar-refractivity contribution in [2.75, 3.05) is 13.7 Å². The highest BCUT2D eigenvalue weighted by Crippen LogP contribution is 2.28. The average molecular weight is 442 g/mol. The molecule has 0 radical (unpaired) electrons. The molecule has 0 unspecified atom stereocenters. The summed E-state index contributed by atoms with van der Waals surface area (Å²) in [4.78, 5) is 17.5. The number of ether oxygens (including phenoxy) is 2. The molecule has 0 saturated heterocycles.